The zero-order valence-corrected chi connectivity index (χ0v) is 14.1. The normalized spacial score (nSPS) is 11.6. The first-order valence-electron chi connectivity index (χ1n) is 8.63. The van der Waals surface area contributed by atoms with Gasteiger partial charge in [0.25, 0.3) is 0 Å². The van der Waals surface area contributed by atoms with E-state index >= 15 is 0 Å². The molecule has 25 heavy (non-hydrogen) atoms. The Bertz CT molecular complexity index is 1220. The molecule has 0 radical (unpaired) electrons. The van der Waals surface area contributed by atoms with Crippen molar-refractivity contribution in [1.29, 1.82) is 0 Å². The molecule has 0 bridgehead atoms. The summed E-state index contributed by atoms with van der Waals surface area (Å²) >= 11 is 0. The molecule has 0 saturated heterocycles. The summed E-state index contributed by atoms with van der Waals surface area (Å²) in [6.07, 6.45) is 0. The maximum atomic E-state index is 5.03. The zero-order valence-electron chi connectivity index (χ0n) is 14.1. The van der Waals surface area contributed by atoms with Gasteiger partial charge in [0.05, 0.1) is 11.0 Å². The van der Waals surface area contributed by atoms with Crippen molar-refractivity contribution < 1.29 is 0 Å². The fraction of sp³-hybridized carbons (Fsp3) is 0.0870. The number of nitrogens with zero attached hydrogens (tertiary/aromatic N) is 2. The molecule has 3 aromatic carbocycles. The predicted molar refractivity (Wildman–Crippen MR) is 105 cm³/mol. The van der Waals surface area contributed by atoms with E-state index in [9.17, 15) is 0 Å². The van der Waals surface area contributed by atoms with E-state index in [2.05, 4.69) is 90.4 Å². The van der Waals surface area contributed by atoms with Crippen molar-refractivity contribution in [2.45, 2.75) is 13.5 Å². The maximum Gasteiger partial charge on any atom is 0.142 e. The Labute approximate surface area is 146 Å². The van der Waals surface area contributed by atoms with Crippen LogP contribution < -0.4 is 0 Å². The summed E-state index contributed by atoms with van der Waals surface area (Å²) in [6.45, 7) is 3.04. The topological polar surface area (TPSA) is 17.8 Å². The third-order valence-corrected chi connectivity index (χ3v) is 5.04. The molecule has 2 aromatic heterocycles. The third-order valence-electron chi connectivity index (χ3n) is 5.04. The van der Waals surface area contributed by atoms with Crippen molar-refractivity contribution in [3.05, 3.63) is 90.0 Å². The van der Waals surface area contributed by atoms with E-state index in [1.807, 2.05) is 0 Å². The van der Waals surface area contributed by atoms with Crippen LogP contribution in [0.5, 0.6) is 0 Å². The molecule has 120 valence electrons. The van der Waals surface area contributed by atoms with Crippen LogP contribution in [0.3, 0.4) is 0 Å². The van der Waals surface area contributed by atoms with E-state index in [0.717, 1.165) is 17.7 Å². The molecule has 5 aromatic rings. The molecular formula is C23H18N2. The number of benzene rings is 3. The number of para-hydroxylation sites is 2. The minimum absolute atomic E-state index is 0.829. The number of fused-ring (bicyclic) bond motifs is 4. The Morgan fingerprint density at radius 2 is 1.44 bits per heavy atom. The first-order valence-corrected chi connectivity index (χ1v) is 8.63. The predicted octanol–water partition coefficient (Wildman–Crippen LogP) is 5.70. The fourth-order valence-electron chi connectivity index (χ4n) is 3.84. The molecule has 2 nitrogen and oxygen atoms in total. The fourth-order valence-corrected chi connectivity index (χ4v) is 3.84. The quantitative estimate of drug-likeness (QED) is 0.407. The lowest BCUT2D eigenvalue weighted by atomic mass is 10.0. The van der Waals surface area contributed by atoms with Gasteiger partial charge in [-0.1, -0.05) is 66.7 Å². The van der Waals surface area contributed by atoms with Gasteiger partial charge in [0, 0.05) is 22.7 Å². The maximum absolute atomic E-state index is 5.03. The van der Waals surface area contributed by atoms with Crippen molar-refractivity contribution in [3.8, 4) is 0 Å². The van der Waals surface area contributed by atoms with Gasteiger partial charge in [0.1, 0.15) is 5.65 Å². The molecule has 0 saturated carbocycles. The zero-order chi connectivity index (χ0) is 16.8. The van der Waals surface area contributed by atoms with E-state index in [0.29, 0.717) is 0 Å². The average molecular weight is 322 g/mol. The van der Waals surface area contributed by atoms with Gasteiger partial charge in [0.2, 0.25) is 0 Å². The van der Waals surface area contributed by atoms with Crippen LogP contribution in [0.2, 0.25) is 0 Å². The average Bonchev–Trinajstić information content (AvgIpc) is 2.97. The van der Waals surface area contributed by atoms with Crippen LogP contribution >= 0.6 is 0 Å². The lowest BCUT2D eigenvalue weighted by Gasteiger charge is -2.09. The number of hydrogen-bond acceptors (Lipinski definition) is 1. The van der Waals surface area contributed by atoms with Crippen LogP contribution in [0, 0.1) is 6.92 Å². The van der Waals surface area contributed by atoms with Gasteiger partial charge < -0.3 is 4.57 Å². The molecule has 2 heteroatoms. The standard InChI is InChI=1S/C23H18N2/c1-16-18-11-5-7-13-20(18)24-23-22(16)19-12-6-8-14-21(19)25(23)15-17-9-3-2-4-10-17/h2-14H,15H2,1H3. The van der Waals surface area contributed by atoms with Crippen LogP contribution in [0.15, 0.2) is 78.9 Å². The van der Waals surface area contributed by atoms with E-state index in [1.54, 1.807) is 0 Å². The highest BCUT2D eigenvalue weighted by Crippen LogP contribution is 2.34. The lowest BCUT2D eigenvalue weighted by molar-refractivity contribution is 0.858. The molecule has 0 amide bonds. The summed E-state index contributed by atoms with van der Waals surface area (Å²) in [4.78, 5) is 5.03. The second-order valence-corrected chi connectivity index (χ2v) is 6.54. The van der Waals surface area contributed by atoms with E-state index < -0.39 is 0 Å². The number of aromatic nitrogens is 2. The third kappa shape index (κ3) is 2.14. The highest BCUT2D eigenvalue weighted by atomic mass is 15.0. The second kappa shape index (κ2) is 5.45. The summed E-state index contributed by atoms with van der Waals surface area (Å²) in [7, 11) is 0. The Hall–Kier alpha value is -3.13. The van der Waals surface area contributed by atoms with Gasteiger partial charge in [-0.25, -0.2) is 4.98 Å². The Kier molecular flexibility index (Phi) is 3.10. The minimum atomic E-state index is 0.829. The van der Waals surface area contributed by atoms with Gasteiger partial charge in [-0.3, -0.25) is 0 Å². The van der Waals surface area contributed by atoms with Crippen LogP contribution in [0.1, 0.15) is 11.1 Å². The number of pyridine rings is 1. The summed E-state index contributed by atoms with van der Waals surface area (Å²) in [6, 6.07) is 27.7. The van der Waals surface area contributed by atoms with Crippen LogP contribution in [0.4, 0.5) is 0 Å². The summed E-state index contributed by atoms with van der Waals surface area (Å²) in [5, 5.41) is 3.78. The molecule has 0 atom stereocenters. The largest absolute Gasteiger partial charge is 0.321 e. The first-order chi connectivity index (χ1) is 12.3. The molecule has 0 N–H and O–H groups in total. The van der Waals surface area contributed by atoms with Crippen molar-refractivity contribution >= 4 is 32.8 Å². The lowest BCUT2D eigenvalue weighted by Crippen LogP contribution is -2.01. The van der Waals surface area contributed by atoms with Gasteiger partial charge in [-0.15, -0.1) is 0 Å². The molecule has 2 heterocycles. The number of aryl methyl sites for hydroxylation is 1. The van der Waals surface area contributed by atoms with Gasteiger partial charge in [-0.2, -0.15) is 0 Å². The van der Waals surface area contributed by atoms with E-state index in [4.69, 9.17) is 4.98 Å². The molecule has 0 aliphatic rings. The summed E-state index contributed by atoms with van der Waals surface area (Å²) < 4.78 is 2.35. The smallest absolute Gasteiger partial charge is 0.142 e. The molecule has 0 aliphatic carbocycles. The van der Waals surface area contributed by atoms with Crippen molar-refractivity contribution in [2.24, 2.45) is 0 Å². The Morgan fingerprint density at radius 3 is 2.28 bits per heavy atom. The SMILES string of the molecule is Cc1c2ccccc2nc2c1c1ccccc1n2Cc1ccccc1. The highest BCUT2D eigenvalue weighted by molar-refractivity contribution is 6.12. The summed E-state index contributed by atoms with van der Waals surface area (Å²) in [5.74, 6) is 0. The molecule has 5 rings (SSSR count). The first kappa shape index (κ1) is 14.2. The van der Waals surface area contributed by atoms with Crippen molar-refractivity contribution in [2.75, 3.05) is 0 Å². The molecule has 0 spiro atoms. The monoisotopic (exact) mass is 322 g/mol. The van der Waals surface area contributed by atoms with E-state index in [1.165, 1.54) is 32.8 Å². The molecule has 0 unspecified atom stereocenters. The molecule has 0 fully saturated rings. The highest BCUT2D eigenvalue weighted by Gasteiger charge is 2.15. The molecule has 0 aliphatic heterocycles. The van der Waals surface area contributed by atoms with E-state index in [-0.39, 0.29) is 0 Å². The van der Waals surface area contributed by atoms with Crippen molar-refractivity contribution in [1.82, 2.24) is 9.55 Å². The number of hydrogen-bond donors (Lipinski definition) is 0. The van der Waals surface area contributed by atoms with Crippen molar-refractivity contribution in [3.63, 3.8) is 0 Å². The van der Waals surface area contributed by atoms with Crippen LogP contribution in [0.25, 0.3) is 32.8 Å². The van der Waals surface area contributed by atoms with Crippen LogP contribution in [-0.4, -0.2) is 9.55 Å². The number of rotatable bonds is 2. The minimum Gasteiger partial charge on any atom is -0.321 e. The van der Waals surface area contributed by atoms with Gasteiger partial charge in [0.15, 0.2) is 0 Å². The van der Waals surface area contributed by atoms with Gasteiger partial charge >= 0.3 is 0 Å². The Morgan fingerprint density at radius 1 is 0.760 bits per heavy atom. The summed E-state index contributed by atoms with van der Waals surface area (Å²) in [5.41, 5.74) is 5.97. The van der Waals surface area contributed by atoms with Gasteiger partial charge in [-0.05, 0) is 30.2 Å². The van der Waals surface area contributed by atoms with Crippen LogP contribution in [-0.2, 0) is 6.54 Å². The molecular weight excluding hydrogens is 304 g/mol. The Balaban J connectivity index is 1.91. The second-order valence-electron chi connectivity index (χ2n) is 6.54.